The van der Waals surface area contributed by atoms with Gasteiger partial charge in [-0.3, -0.25) is 0 Å². The van der Waals surface area contributed by atoms with Gasteiger partial charge in [0.05, 0.1) is 14.2 Å². The molecule has 2 rings (SSSR count). The number of halogens is 1. The summed E-state index contributed by atoms with van der Waals surface area (Å²) in [5.41, 5.74) is 1.59. The van der Waals surface area contributed by atoms with Crippen molar-refractivity contribution in [2.45, 2.75) is 0 Å². The Hall–Kier alpha value is -2.23. The molecule has 18 heavy (non-hydrogen) atoms. The lowest BCUT2D eigenvalue weighted by Crippen LogP contribution is -1.89. The van der Waals surface area contributed by atoms with Crippen molar-refractivity contribution in [3.63, 3.8) is 0 Å². The number of hydrogen-bond acceptors (Lipinski definition) is 3. The molecular formula is C14H13FO3. The van der Waals surface area contributed by atoms with Gasteiger partial charge in [-0.25, -0.2) is 4.39 Å². The predicted molar refractivity (Wildman–Crippen MR) is 66.6 cm³/mol. The maximum Gasteiger partial charge on any atom is 0.165 e. The van der Waals surface area contributed by atoms with Gasteiger partial charge < -0.3 is 14.6 Å². The van der Waals surface area contributed by atoms with Crippen molar-refractivity contribution in [3.05, 3.63) is 42.2 Å². The SMILES string of the molecule is COc1cc(-c2ccc(F)c(OC)c2)ccc1O. The number of phenols is 1. The fourth-order valence-corrected chi connectivity index (χ4v) is 1.70. The molecule has 2 aromatic rings. The van der Waals surface area contributed by atoms with Crippen LogP contribution in [0.1, 0.15) is 0 Å². The molecule has 0 aliphatic carbocycles. The third-order valence-corrected chi connectivity index (χ3v) is 2.66. The highest BCUT2D eigenvalue weighted by atomic mass is 19.1. The van der Waals surface area contributed by atoms with Crippen LogP contribution in [0.3, 0.4) is 0 Å². The molecule has 0 aliphatic heterocycles. The molecular weight excluding hydrogens is 235 g/mol. The van der Waals surface area contributed by atoms with Gasteiger partial charge in [0.2, 0.25) is 0 Å². The van der Waals surface area contributed by atoms with Crippen LogP contribution in [0.5, 0.6) is 17.2 Å². The lowest BCUT2D eigenvalue weighted by molar-refractivity contribution is 0.373. The van der Waals surface area contributed by atoms with Crippen molar-refractivity contribution in [1.29, 1.82) is 0 Å². The third-order valence-electron chi connectivity index (χ3n) is 2.66. The first kappa shape index (κ1) is 12.2. The van der Waals surface area contributed by atoms with Crippen molar-refractivity contribution < 1.29 is 19.0 Å². The van der Waals surface area contributed by atoms with Crippen LogP contribution in [0.25, 0.3) is 11.1 Å². The van der Waals surface area contributed by atoms with Crippen LogP contribution < -0.4 is 9.47 Å². The Bertz CT molecular complexity index is 515. The molecule has 0 saturated carbocycles. The molecule has 0 bridgehead atoms. The largest absolute Gasteiger partial charge is 0.504 e. The Morgan fingerprint density at radius 2 is 1.44 bits per heavy atom. The van der Waals surface area contributed by atoms with E-state index < -0.39 is 5.82 Å². The van der Waals surface area contributed by atoms with Crippen molar-refractivity contribution in [3.8, 4) is 28.4 Å². The van der Waals surface area contributed by atoms with Crippen LogP contribution in [0.4, 0.5) is 4.39 Å². The van der Waals surface area contributed by atoms with Gasteiger partial charge >= 0.3 is 0 Å². The standard InChI is InChI=1S/C14H13FO3/c1-17-13-7-9(3-5-11(13)15)10-4-6-12(16)14(8-10)18-2/h3-8,16H,1-2H3. The van der Waals surface area contributed by atoms with E-state index in [-0.39, 0.29) is 11.5 Å². The van der Waals surface area contributed by atoms with Gasteiger partial charge in [-0.15, -0.1) is 0 Å². The molecule has 0 spiro atoms. The number of hydrogen-bond donors (Lipinski definition) is 1. The molecule has 0 amide bonds. The average Bonchev–Trinajstić information content (AvgIpc) is 2.40. The van der Waals surface area contributed by atoms with Gasteiger partial charge in [0.25, 0.3) is 0 Å². The lowest BCUT2D eigenvalue weighted by atomic mass is 10.0. The molecule has 0 heterocycles. The molecule has 3 nitrogen and oxygen atoms in total. The predicted octanol–water partition coefficient (Wildman–Crippen LogP) is 3.22. The zero-order valence-electron chi connectivity index (χ0n) is 10.1. The van der Waals surface area contributed by atoms with Crippen molar-refractivity contribution in [2.24, 2.45) is 0 Å². The van der Waals surface area contributed by atoms with Crippen LogP contribution >= 0.6 is 0 Å². The molecule has 1 N–H and O–H groups in total. The number of phenolic OH excluding ortho intramolecular Hbond substituents is 1. The highest BCUT2D eigenvalue weighted by molar-refractivity contribution is 5.68. The van der Waals surface area contributed by atoms with E-state index in [2.05, 4.69) is 0 Å². The molecule has 2 aromatic carbocycles. The van der Waals surface area contributed by atoms with Crippen molar-refractivity contribution >= 4 is 0 Å². The summed E-state index contributed by atoms with van der Waals surface area (Å²) in [6, 6.07) is 9.52. The number of aromatic hydroxyl groups is 1. The highest BCUT2D eigenvalue weighted by Gasteiger charge is 2.08. The molecule has 0 radical (unpaired) electrons. The molecule has 0 atom stereocenters. The summed E-state index contributed by atoms with van der Waals surface area (Å²) < 4.78 is 23.3. The first-order valence-corrected chi connectivity index (χ1v) is 5.36. The second kappa shape index (κ2) is 4.96. The van der Waals surface area contributed by atoms with Gasteiger partial charge in [-0.2, -0.15) is 0 Å². The number of methoxy groups -OCH3 is 2. The fraction of sp³-hybridized carbons (Fsp3) is 0.143. The summed E-state index contributed by atoms with van der Waals surface area (Å²) in [5, 5.41) is 9.52. The Morgan fingerprint density at radius 1 is 0.889 bits per heavy atom. The molecule has 0 aromatic heterocycles. The first-order chi connectivity index (χ1) is 8.65. The van der Waals surface area contributed by atoms with Crippen molar-refractivity contribution in [1.82, 2.24) is 0 Å². The second-order valence-corrected chi connectivity index (χ2v) is 3.74. The summed E-state index contributed by atoms with van der Waals surface area (Å²) in [6.45, 7) is 0. The first-order valence-electron chi connectivity index (χ1n) is 5.36. The topological polar surface area (TPSA) is 38.7 Å². The Kier molecular flexibility index (Phi) is 3.37. The van der Waals surface area contributed by atoms with Crippen LogP contribution in [0.2, 0.25) is 0 Å². The minimum absolute atomic E-state index is 0.0651. The Morgan fingerprint density at radius 3 is 2.06 bits per heavy atom. The summed E-state index contributed by atoms with van der Waals surface area (Å²) >= 11 is 0. The van der Waals surface area contributed by atoms with Gasteiger partial charge in [0.15, 0.2) is 23.1 Å². The molecule has 0 fully saturated rings. The lowest BCUT2D eigenvalue weighted by Gasteiger charge is -2.08. The Balaban J connectivity index is 2.48. The number of ether oxygens (including phenoxy) is 2. The monoisotopic (exact) mass is 248 g/mol. The number of rotatable bonds is 3. The van der Waals surface area contributed by atoms with Crippen LogP contribution in [0, 0.1) is 5.82 Å². The Labute approximate surface area is 104 Å². The summed E-state index contributed by atoms with van der Waals surface area (Å²) in [7, 11) is 2.89. The molecule has 0 aliphatic rings. The minimum Gasteiger partial charge on any atom is -0.504 e. The van der Waals surface area contributed by atoms with E-state index in [1.807, 2.05) is 0 Å². The van der Waals surface area contributed by atoms with E-state index >= 15 is 0 Å². The quantitative estimate of drug-likeness (QED) is 0.906. The van der Waals surface area contributed by atoms with E-state index in [1.165, 1.54) is 26.4 Å². The van der Waals surface area contributed by atoms with E-state index in [4.69, 9.17) is 9.47 Å². The van der Waals surface area contributed by atoms with Crippen LogP contribution in [0.15, 0.2) is 36.4 Å². The van der Waals surface area contributed by atoms with Gasteiger partial charge in [-0.1, -0.05) is 12.1 Å². The van der Waals surface area contributed by atoms with E-state index in [9.17, 15) is 9.50 Å². The summed E-state index contributed by atoms with van der Waals surface area (Å²) in [4.78, 5) is 0. The smallest absolute Gasteiger partial charge is 0.165 e. The third kappa shape index (κ3) is 2.22. The zero-order valence-corrected chi connectivity index (χ0v) is 10.1. The maximum absolute atomic E-state index is 13.3. The molecule has 4 heteroatoms. The van der Waals surface area contributed by atoms with E-state index in [0.29, 0.717) is 5.75 Å². The van der Waals surface area contributed by atoms with Gasteiger partial charge in [-0.05, 0) is 35.4 Å². The molecule has 0 unspecified atom stereocenters. The molecule has 0 saturated heterocycles. The minimum atomic E-state index is -0.410. The maximum atomic E-state index is 13.3. The van der Waals surface area contributed by atoms with Gasteiger partial charge in [0.1, 0.15) is 0 Å². The molecule has 94 valence electrons. The van der Waals surface area contributed by atoms with E-state index in [1.54, 1.807) is 24.3 Å². The average molecular weight is 248 g/mol. The van der Waals surface area contributed by atoms with Crippen molar-refractivity contribution in [2.75, 3.05) is 14.2 Å². The summed E-state index contributed by atoms with van der Waals surface area (Å²) in [6.07, 6.45) is 0. The second-order valence-electron chi connectivity index (χ2n) is 3.74. The van der Waals surface area contributed by atoms with Gasteiger partial charge in [0, 0.05) is 0 Å². The van der Waals surface area contributed by atoms with Crippen LogP contribution in [-0.2, 0) is 0 Å². The number of benzene rings is 2. The highest BCUT2D eigenvalue weighted by Crippen LogP contribution is 2.33. The van der Waals surface area contributed by atoms with Crippen LogP contribution in [-0.4, -0.2) is 19.3 Å². The zero-order chi connectivity index (χ0) is 13.1. The fourth-order valence-electron chi connectivity index (χ4n) is 1.70. The van der Waals surface area contributed by atoms with E-state index in [0.717, 1.165) is 11.1 Å². The normalized spacial score (nSPS) is 10.2. The summed E-state index contributed by atoms with van der Waals surface area (Å²) in [5.74, 6) is 0.206.